The Kier molecular flexibility index (Phi) is 4.51. The van der Waals surface area contributed by atoms with Crippen molar-refractivity contribution in [3.63, 3.8) is 0 Å². The third kappa shape index (κ3) is 2.50. The Hall–Kier alpha value is -0.980. The summed E-state index contributed by atoms with van der Waals surface area (Å²) >= 11 is 0. The van der Waals surface area contributed by atoms with Crippen molar-refractivity contribution in [3.8, 4) is 0 Å². The van der Waals surface area contributed by atoms with Crippen LogP contribution < -0.4 is 5.32 Å². The van der Waals surface area contributed by atoms with Crippen molar-refractivity contribution in [1.82, 2.24) is 0 Å². The molecule has 0 amide bonds. The molecule has 0 aliphatic rings. The van der Waals surface area contributed by atoms with Crippen LogP contribution in [0, 0.1) is 0 Å². The van der Waals surface area contributed by atoms with Crippen molar-refractivity contribution in [2.75, 3.05) is 12.4 Å². The van der Waals surface area contributed by atoms with E-state index in [9.17, 15) is 0 Å². The van der Waals surface area contributed by atoms with Crippen LogP contribution in [0.5, 0.6) is 0 Å². The van der Waals surface area contributed by atoms with E-state index in [0.717, 1.165) is 6.42 Å². The van der Waals surface area contributed by atoms with Crippen LogP contribution in [0.3, 0.4) is 0 Å². The molecule has 0 aliphatic heterocycles. The average Bonchev–Trinajstić information content (AvgIpc) is 2.25. The Balaban J connectivity index is 2.90. The van der Waals surface area contributed by atoms with E-state index >= 15 is 0 Å². The highest BCUT2D eigenvalue weighted by molar-refractivity contribution is 5.54. The van der Waals surface area contributed by atoms with Gasteiger partial charge >= 0.3 is 0 Å². The predicted octanol–water partition coefficient (Wildman–Crippen LogP) is 3.63. The minimum atomic E-state index is 1.12. The number of anilines is 1. The Morgan fingerprint density at radius 1 is 1.21 bits per heavy atom. The Bertz CT molecular complexity index is 279. The van der Waals surface area contributed by atoms with Gasteiger partial charge in [-0.3, -0.25) is 0 Å². The molecule has 1 nitrogen and oxygen atoms in total. The second-order valence-corrected chi connectivity index (χ2v) is 3.65. The maximum absolute atomic E-state index is 3.26. The van der Waals surface area contributed by atoms with Gasteiger partial charge in [0.2, 0.25) is 0 Å². The second kappa shape index (κ2) is 5.69. The van der Waals surface area contributed by atoms with Gasteiger partial charge in [0, 0.05) is 12.7 Å². The molecule has 0 radical (unpaired) electrons. The number of hydrogen-bond donors (Lipinski definition) is 1. The highest BCUT2D eigenvalue weighted by Gasteiger charge is 2.04. The van der Waals surface area contributed by atoms with Gasteiger partial charge in [-0.05, 0) is 36.5 Å². The van der Waals surface area contributed by atoms with Crippen LogP contribution >= 0.6 is 0 Å². The molecule has 1 heteroatoms. The summed E-state index contributed by atoms with van der Waals surface area (Å²) in [5.41, 5.74) is 4.30. The van der Waals surface area contributed by atoms with E-state index in [1.165, 1.54) is 36.1 Å². The number of benzene rings is 1. The summed E-state index contributed by atoms with van der Waals surface area (Å²) in [4.78, 5) is 0. The van der Waals surface area contributed by atoms with Gasteiger partial charge in [-0.2, -0.15) is 0 Å². The molecule has 0 saturated carbocycles. The normalized spacial score (nSPS) is 10.2. The smallest absolute Gasteiger partial charge is 0.0372 e. The first-order chi connectivity index (χ1) is 6.83. The van der Waals surface area contributed by atoms with Gasteiger partial charge in [-0.1, -0.05) is 32.4 Å². The molecule has 1 aromatic rings. The van der Waals surface area contributed by atoms with Crippen molar-refractivity contribution in [2.45, 2.75) is 39.5 Å². The molecule has 0 bridgehead atoms. The van der Waals surface area contributed by atoms with Crippen molar-refractivity contribution in [1.29, 1.82) is 0 Å². The van der Waals surface area contributed by atoms with Crippen LogP contribution in [0.1, 0.15) is 37.8 Å². The number of rotatable bonds is 5. The van der Waals surface area contributed by atoms with Crippen molar-refractivity contribution < 1.29 is 0 Å². The second-order valence-electron chi connectivity index (χ2n) is 3.65. The van der Waals surface area contributed by atoms with Crippen LogP contribution in [0.25, 0.3) is 0 Å². The summed E-state index contributed by atoms with van der Waals surface area (Å²) in [6, 6.07) is 6.57. The zero-order valence-corrected chi connectivity index (χ0v) is 9.56. The highest BCUT2D eigenvalue weighted by atomic mass is 14.8. The van der Waals surface area contributed by atoms with Gasteiger partial charge in [0.05, 0.1) is 0 Å². The van der Waals surface area contributed by atoms with E-state index < -0.39 is 0 Å². The van der Waals surface area contributed by atoms with E-state index in [1.807, 2.05) is 7.05 Å². The quantitative estimate of drug-likeness (QED) is 0.749. The molecule has 14 heavy (non-hydrogen) atoms. The molecule has 0 aliphatic carbocycles. The molecule has 0 atom stereocenters. The summed E-state index contributed by atoms with van der Waals surface area (Å²) < 4.78 is 0. The molecule has 78 valence electrons. The predicted molar refractivity (Wildman–Crippen MR) is 64.0 cm³/mol. The molecule has 1 N–H and O–H groups in total. The minimum absolute atomic E-state index is 1.12. The number of unbranched alkanes of at least 4 members (excludes halogenated alkanes) is 1. The van der Waals surface area contributed by atoms with Crippen molar-refractivity contribution in [3.05, 3.63) is 29.3 Å². The zero-order valence-electron chi connectivity index (χ0n) is 9.56. The van der Waals surface area contributed by atoms with E-state index in [4.69, 9.17) is 0 Å². The van der Waals surface area contributed by atoms with Crippen LogP contribution in [0.2, 0.25) is 0 Å². The van der Waals surface area contributed by atoms with Gasteiger partial charge in [0.25, 0.3) is 0 Å². The SMILES string of the molecule is CCCCc1cccc(NC)c1CC. The lowest BCUT2D eigenvalue weighted by Gasteiger charge is -2.12. The summed E-state index contributed by atoms with van der Waals surface area (Å²) in [6.45, 7) is 4.47. The highest BCUT2D eigenvalue weighted by Crippen LogP contribution is 2.21. The Morgan fingerprint density at radius 3 is 2.57 bits per heavy atom. The fraction of sp³-hybridized carbons (Fsp3) is 0.538. The third-order valence-corrected chi connectivity index (χ3v) is 2.70. The van der Waals surface area contributed by atoms with E-state index in [1.54, 1.807) is 0 Å². The molecule has 0 unspecified atom stereocenters. The Labute approximate surface area is 87.5 Å². The fourth-order valence-electron chi connectivity index (χ4n) is 1.89. The monoisotopic (exact) mass is 191 g/mol. The van der Waals surface area contributed by atoms with Crippen LogP contribution in [0.4, 0.5) is 5.69 Å². The van der Waals surface area contributed by atoms with Crippen molar-refractivity contribution >= 4 is 5.69 Å². The number of hydrogen-bond acceptors (Lipinski definition) is 1. The molecule has 1 aromatic carbocycles. The lowest BCUT2D eigenvalue weighted by atomic mass is 9.98. The molecule has 1 rings (SSSR count). The third-order valence-electron chi connectivity index (χ3n) is 2.70. The van der Waals surface area contributed by atoms with Gasteiger partial charge in [0.1, 0.15) is 0 Å². The lowest BCUT2D eigenvalue weighted by molar-refractivity contribution is 0.787. The first-order valence-corrected chi connectivity index (χ1v) is 5.62. The number of aryl methyl sites for hydroxylation is 1. The van der Waals surface area contributed by atoms with Crippen LogP contribution in [0.15, 0.2) is 18.2 Å². The summed E-state index contributed by atoms with van der Waals surface area (Å²) in [6.07, 6.45) is 4.90. The maximum atomic E-state index is 3.26. The lowest BCUT2D eigenvalue weighted by Crippen LogP contribution is -1.99. The molecule has 0 aromatic heterocycles. The molecule has 0 spiro atoms. The summed E-state index contributed by atoms with van der Waals surface area (Å²) in [5, 5.41) is 3.26. The number of nitrogens with one attached hydrogen (secondary N) is 1. The first kappa shape index (κ1) is 11.1. The maximum Gasteiger partial charge on any atom is 0.0372 e. The molecule has 0 fully saturated rings. The fourth-order valence-corrected chi connectivity index (χ4v) is 1.89. The van der Waals surface area contributed by atoms with Crippen molar-refractivity contribution in [2.24, 2.45) is 0 Å². The summed E-state index contributed by atoms with van der Waals surface area (Å²) in [7, 11) is 2.00. The van der Waals surface area contributed by atoms with Gasteiger partial charge in [-0.25, -0.2) is 0 Å². The van der Waals surface area contributed by atoms with Gasteiger partial charge < -0.3 is 5.32 Å². The van der Waals surface area contributed by atoms with Gasteiger partial charge in [0.15, 0.2) is 0 Å². The molecule has 0 heterocycles. The molecular weight excluding hydrogens is 170 g/mol. The van der Waals surface area contributed by atoms with Crippen LogP contribution in [-0.2, 0) is 12.8 Å². The standard InChI is InChI=1S/C13H21N/c1-4-6-8-11-9-7-10-13(14-3)12(11)5-2/h7,9-10,14H,4-6,8H2,1-3H3. The zero-order chi connectivity index (χ0) is 10.4. The Morgan fingerprint density at radius 2 is 2.00 bits per heavy atom. The van der Waals surface area contributed by atoms with E-state index in [-0.39, 0.29) is 0 Å². The van der Waals surface area contributed by atoms with Crippen LogP contribution in [-0.4, -0.2) is 7.05 Å². The topological polar surface area (TPSA) is 12.0 Å². The van der Waals surface area contributed by atoms with Gasteiger partial charge in [-0.15, -0.1) is 0 Å². The van der Waals surface area contributed by atoms with E-state index in [0.29, 0.717) is 0 Å². The average molecular weight is 191 g/mol. The minimum Gasteiger partial charge on any atom is -0.388 e. The largest absolute Gasteiger partial charge is 0.388 e. The molecular formula is C13H21N. The summed E-state index contributed by atoms with van der Waals surface area (Å²) in [5.74, 6) is 0. The molecule has 0 saturated heterocycles. The van der Waals surface area contributed by atoms with E-state index in [2.05, 4.69) is 37.4 Å². The first-order valence-electron chi connectivity index (χ1n) is 5.62.